The maximum absolute atomic E-state index is 14.6. The van der Waals surface area contributed by atoms with Crippen molar-refractivity contribution in [2.45, 2.75) is 193 Å². The number of carbonyl (C=O) groups is 5. The van der Waals surface area contributed by atoms with E-state index < -0.39 is 77.8 Å². The van der Waals surface area contributed by atoms with E-state index in [9.17, 15) is 34.2 Å². The maximum Gasteiger partial charge on any atom is 0.329 e. The maximum atomic E-state index is 14.6. The van der Waals surface area contributed by atoms with Crippen LogP contribution >= 0.6 is 0 Å². The molecule has 14 unspecified atom stereocenters. The van der Waals surface area contributed by atoms with E-state index in [0.717, 1.165) is 11.1 Å². The lowest BCUT2D eigenvalue weighted by atomic mass is 9.81. The Kier molecular flexibility index (Phi) is 20.1. The first-order valence-electron chi connectivity index (χ1n) is 25.4. The normalized spacial score (nSPS) is 36.1. The van der Waals surface area contributed by atoms with Crippen LogP contribution in [-0.4, -0.2) is 133 Å². The van der Waals surface area contributed by atoms with Crippen LogP contribution in [0.5, 0.6) is 0 Å². The number of carbonyl (C=O) groups excluding carboxylic acids is 5. The van der Waals surface area contributed by atoms with Crippen molar-refractivity contribution in [3.8, 4) is 0 Å². The predicted molar refractivity (Wildman–Crippen MR) is 261 cm³/mol. The summed E-state index contributed by atoms with van der Waals surface area (Å²) in [4.78, 5) is 71.7. The first-order chi connectivity index (χ1) is 32.6. The lowest BCUT2D eigenvalue weighted by Crippen LogP contribution is -2.64. The van der Waals surface area contributed by atoms with Crippen molar-refractivity contribution in [2.24, 2.45) is 29.6 Å². The molecular weight excluding hydrogens is 883 g/mol. The highest BCUT2D eigenvalue weighted by atomic mass is 16.7. The molecule has 386 valence electrons. The molecule has 3 aliphatic heterocycles. The summed E-state index contributed by atoms with van der Waals surface area (Å²) < 4.78 is 36.6. The zero-order valence-electron chi connectivity index (χ0n) is 43.5. The highest BCUT2D eigenvalue weighted by molar-refractivity contribution is 6.39. The van der Waals surface area contributed by atoms with Crippen LogP contribution in [0, 0.1) is 29.6 Å². The number of benzene rings is 1. The summed E-state index contributed by atoms with van der Waals surface area (Å²) in [6.45, 7) is 17.6. The molecule has 1 saturated carbocycles. The van der Waals surface area contributed by atoms with Crippen molar-refractivity contribution in [3.63, 3.8) is 0 Å². The third kappa shape index (κ3) is 13.9. The number of cyclic esters (lactones) is 1. The fraction of sp³-hybridized carbons (Fsp3) is 0.727. The van der Waals surface area contributed by atoms with Gasteiger partial charge in [-0.3, -0.25) is 19.2 Å². The number of hydrogen-bond acceptors (Lipinski definition) is 13. The first kappa shape index (κ1) is 56.3. The van der Waals surface area contributed by atoms with Gasteiger partial charge in [-0.05, 0) is 106 Å². The van der Waals surface area contributed by atoms with Gasteiger partial charge in [-0.25, -0.2) is 4.79 Å². The Morgan fingerprint density at radius 3 is 2.16 bits per heavy atom. The average molecular weight is 966 g/mol. The number of piperidine rings is 1. The Morgan fingerprint density at radius 2 is 1.54 bits per heavy atom. The standard InChI is InChI=1S/C55H83NO13/c1-13-38-25-32(2)24-33(3)26-47(65-11)50-48(66-12)28-35(5)55(63,69-50)51(60)52(61)56-23-15-14-16-41(56)53(62)68-49(36(6)42(57)30-43(38)58)34(4)27-37-17-22-45(46(29-37)64-10)67-31-44(59)39-18-20-40(21-19-39)54(7,8)9/h18-21,25,27,33,35-38,41-42,45-50,57,63H,13-17,22-24,26,28-31H2,1-12H3/b32-25+,34-27?. The average Bonchev–Trinajstić information content (AvgIpc) is 3.32. The molecule has 1 aromatic rings. The summed E-state index contributed by atoms with van der Waals surface area (Å²) in [5.74, 6) is -7.82. The molecular formula is C55H83NO13. The van der Waals surface area contributed by atoms with Gasteiger partial charge >= 0.3 is 5.97 Å². The van der Waals surface area contributed by atoms with Crippen molar-refractivity contribution in [3.05, 3.63) is 58.7 Å². The van der Waals surface area contributed by atoms with E-state index in [-0.39, 0.29) is 73.4 Å². The number of esters is 1. The minimum Gasteiger partial charge on any atom is -0.456 e. The molecule has 14 heteroatoms. The van der Waals surface area contributed by atoms with Crippen molar-refractivity contribution in [2.75, 3.05) is 34.5 Å². The third-order valence-electron chi connectivity index (χ3n) is 15.4. The second-order valence-corrected chi connectivity index (χ2v) is 21.7. The summed E-state index contributed by atoms with van der Waals surface area (Å²) in [6, 6.07) is 6.47. The van der Waals surface area contributed by atoms with E-state index in [1.54, 1.807) is 21.0 Å². The lowest BCUT2D eigenvalue weighted by molar-refractivity contribution is -0.302. The molecule has 4 aliphatic rings. The van der Waals surface area contributed by atoms with Gasteiger partial charge in [-0.2, -0.15) is 0 Å². The molecule has 2 N–H and O–H groups in total. The van der Waals surface area contributed by atoms with Crippen LogP contribution in [0.3, 0.4) is 0 Å². The van der Waals surface area contributed by atoms with Crippen molar-refractivity contribution in [1.82, 2.24) is 4.90 Å². The number of nitrogens with zero attached hydrogens (tertiary/aromatic N) is 1. The predicted octanol–water partition coefficient (Wildman–Crippen LogP) is 7.68. The van der Waals surface area contributed by atoms with Gasteiger partial charge < -0.3 is 43.5 Å². The second-order valence-electron chi connectivity index (χ2n) is 21.7. The van der Waals surface area contributed by atoms with Gasteiger partial charge in [0.05, 0.1) is 30.5 Å². The number of aliphatic hydroxyl groups excluding tert-OH is 1. The molecule has 0 radical (unpaired) electrons. The number of ether oxygens (including phenoxy) is 6. The number of methoxy groups -OCH3 is 3. The molecule has 1 amide bonds. The summed E-state index contributed by atoms with van der Waals surface area (Å²) in [5, 5.41) is 24.0. The van der Waals surface area contributed by atoms with E-state index in [1.165, 1.54) is 19.1 Å². The molecule has 14 atom stereocenters. The van der Waals surface area contributed by atoms with Crippen molar-refractivity contribution >= 4 is 29.2 Å². The number of amides is 1. The number of hydrogen-bond donors (Lipinski definition) is 2. The van der Waals surface area contributed by atoms with E-state index in [2.05, 4.69) is 27.7 Å². The fourth-order valence-electron chi connectivity index (χ4n) is 11.0. The van der Waals surface area contributed by atoms with E-state index in [0.29, 0.717) is 62.5 Å². The van der Waals surface area contributed by atoms with Crippen LogP contribution < -0.4 is 0 Å². The molecule has 3 heterocycles. The van der Waals surface area contributed by atoms with Gasteiger partial charge in [0.15, 0.2) is 5.78 Å². The monoisotopic (exact) mass is 966 g/mol. The molecule has 0 spiro atoms. The molecule has 5 rings (SSSR count). The minimum absolute atomic E-state index is 0.0187. The Hall–Kier alpha value is -3.63. The Morgan fingerprint density at radius 1 is 0.884 bits per heavy atom. The van der Waals surface area contributed by atoms with Crippen molar-refractivity contribution < 1.29 is 62.6 Å². The zero-order valence-corrected chi connectivity index (χ0v) is 43.5. The zero-order chi connectivity index (χ0) is 51.0. The number of ketones is 3. The number of aliphatic hydroxyl groups is 2. The lowest BCUT2D eigenvalue weighted by Gasteiger charge is -2.47. The molecule has 0 aromatic heterocycles. The SMILES string of the molecule is CCC1/C=C(\C)CC(C)CC(OC)C2OC(O)(C(=O)C(=O)N3CCCCC3C(=O)OC(C(C)=CC3CCC(OCC(=O)c4ccc(C(C)(C)C)cc4)C(OC)C3)C(C)C(O)CC1=O)C(C)CC2OC. The van der Waals surface area contributed by atoms with Crippen LogP contribution in [0.2, 0.25) is 0 Å². The molecule has 1 aliphatic carbocycles. The van der Waals surface area contributed by atoms with Gasteiger partial charge in [0.25, 0.3) is 11.7 Å². The summed E-state index contributed by atoms with van der Waals surface area (Å²) in [5.41, 5.74) is 3.33. The molecule has 3 fully saturated rings. The number of Topliss-reactive ketones (excluding diaryl/α,β-unsaturated/α-hetero) is 3. The number of allylic oxidation sites excluding steroid dienone is 3. The van der Waals surface area contributed by atoms with Gasteiger partial charge in [-0.1, -0.05) is 90.5 Å². The highest BCUT2D eigenvalue weighted by Gasteiger charge is 2.56. The van der Waals surface area contributed by atoms with Gasteiger partial charge in [0, 0.05) is 57.6 Å². The first-order valence-corrected chi connectivity index (χ1v) is 25.4. The fourth-order valence-corrected chi connectivity index (χ4v) is 11.0. The Balaban J connectivity index is 1.43. The van der Waals surface area contributed by atoms with Gasteiger partial charge in [0.2, 0.25) is 5.79 Å². The molecule has 2 saturated heterocycles. The number of rotatable bonds is 10. The largest absolute Gasteiger partial charge is 0.456 e. The van der Waals surface area contributed by atoms with Crippen LogP contribution in [-0.2, 0) is 53.0 Å². The van der Waals surface area contributed by atoms with E-state index in [1.807, 2.05) is 57.2 Å². The van der Waals surface area contributed by atoms with Gasteiger partial charge in [0.1, 0.15) is 30.6 Å². The van der Waals surface area contributed by atoms with E-state index >= 15 is 0 Å². The number of fused-ring (bicyclic) bond motifs is 3. The van der Waals surface area contributed by atoms with Gasteiger partial charge in [-0.15, -0.1) is 0 Å². The van der Waals surface area contributed by atoms with Crippen LogP contribution in [0.4, 0.5) is 0 Å². The summed E-state index contributed by atoms with van der Waals surface area (Å²) in [6.07, 6.45) is 3.84. The Labute approximate surface area is 411 Å². The highest BCUT2D eigenvalue weighted by Crippen LogP contribution is 2.39. The molecule has 14 nitrogen and oxygen atoms in total. The smallest absolute Gasteiger partial charge is 0.329 e. The molecule has 1 aromatic carbocycles. The Bertz CT molecular complexity index is 1990. The van der Waals surface area contributed by atoms with Crippen LogP contribution in [0.1, 0.15) is 149 Å². The quantitative estimate of drug-likeness (QED) is 0.101. The topological polar surface area (TPSA) is 184 Å². The van der Waals surface area contributed by atoms with Crippen LogP contribution in [0.15, 0.2) is 47.6 Å². The minimum atomic E-state index is -2.52. The van der Waals surface area contributed by atoms with Crippen molar-refractivity contribution in [1.29, 1.82) is 0 Å². The third-order valence-corrected chi connectivity index (χ3v) is 15.4. The van der Waals surface area contributed by atoms with E-state index in [4.69, 9.17) is 28.4 Å². The second kappa shape index (κ2) is 24.7. The van der Waals surface area contributed by atoms with Crippen LogP contribution in [0.25, 0.3) is 0 Å². The molecule has 2 bridgehead atoms. The summed E-state index contributed by atoms with van der Waals surface area (Å²) in [7, 11) is 4.68. The summed E-state index contributed by atoms with van der Waals surface area (Å²) >= 11 is 0. The molecule has 69 heavy (non-hydrogen) atoms.